The topological polar surface area (TPSA) is 96.2 Å². The molecular weight excluding hydrogens is 356 g/mol. The van der Waals surface area contributed by atoms with Crippen LogP contribution < -0.4 is 10.6 Å². The van der Waals surface area contributed by atoms with Crippen LogP contribution in [-0.4, -0.2) is 77.7 Å². The molecule has 8 nitrogen and oxygen atoms in total. The molecule has 1 saturated heterocycles. The summed E-state index contributed by atoms with van der Waals surface area (Å²) < 4.78 is 33.0. The van der Waals surface area contributed by atoms with Crippen LogP contribution in [-0.2, 0) is 14.6 Å². The summed E-state index contributed by atoms with van der Waals surface area (Å²) in [7, 11) is -1.26. The summed E-state index contributed by atoms with van der Waals surface area (Å²) in [6.07, 6.45) is 5.35. The van der Waals surface area contributed by atoms with Crippen molar-refractivity contribution >= 4 is 15.8 Å². The summed E-state index contributed by atoms with van der Waals surface area (Å²) >= 11 is 0. The third-order valence-electron chi connectivity index (χ3n) is 4.28. The van der Waals surface area contributed by atoms with Crippen molar-refractivity contribution in [1.82, 2.24) is 15.5 Å². The largest absolute Gasteiger partial charge is 0.468 e. The van der Waals surface area contributed by atoms with Crippen LogP contribution in [0.5, 0.6) is 0 Å². The molecule has 1 unspecified atom stereocenters. The summed E-state index contributed by atoms with van der Waals surface area (Å²) in [6.45, 7) is 4.03. The molecule has 1 aromatic rings. The van der Waals surface area contributed by atoms with Crippen LogP contribution in [0.3, 0.4) is 0 Å². The number of ether oxygens (including phenoxy) is 1. The number of nitrogens with one attached hydrogen (secondary N) is 2. The molecular formula is C17H30N4O4S. The third-order valence-corrected chi connectivity index (χ3v) is 5.19. The van der Waals surface area contributed by atoms with Gasteiger partial charge >= 0.3 is 0 Å². The van der Waals surface area contributed by atoms with E-state index in [4.69, 9.17) is 9.15 Å². The van der Waals surface area contributed by atoms with Gasteiger partial charge in [-0.2, -0.15) is 0 Å². The number of furan rings is 1. The fourth-order valence-corrected chi connectivity index (χ4v) is 3.33. The van der Waals surface area contributed by atoms with Crippen molar-refractivity contribution in [3.63, 3.8) is 0 Å². The summed E-state index contributed by atoms with van der Waals surface area (Å²) in [5, 5.41) is 6.51. The monoisotopic (exact) mass is 386 g/mol. The molecule has 1 aromatic heterocycles. The van der Waals surface area contributed by atoms with Gasteiger partial charge in [-0.05, 0) is 38.1 Å². The molecule has 0 saturated carbocycles. The summed E-state index contributed by atoms with van der Waals surface area (Å²) in [6, 6.07) is 4.10. The molecule has 0 radical (unpaired) electrons. The maximum absolute atomic E-state index is 11.0. The lowest BCUT2D eigenvalue weighted by atomic mass is 10.2. The van der Waals surface area contributed by atoms with Gasteiger partial charge in [-0.25, -0.2) is 8.42 Å². The molecule has 1 fully saturated rings. The smallest absolute Gasteiger partial charge is 0.191 e. The van der Waals surface area contributed by atoms with Gasteiger partial charge in [-0.15, -0.1) is 0 Å². The van der Waals surface area contributed by atoms with E-state index in [1.54, 1.807) is 13.3 Å². The highest BCUT2D eigenvalue weighted by molar-refractivity contribution is 7.90. The lowest BCUT2D eigenvalue weighted by molar-refractivity contribution is 0.154. The Morgan fingerprint density at radius 1 is 1.35 bits per heavy atom. The minimum Gasteiger partial charge on any atom is -0.468 e. The predicted molar refractivity (Wildman–Crippen MR) is 102 cm³/mol. The molecule has 0 aromatic carbocycles. The first-order valence-electron chi connectivity index (χ1n) is 8.97. The van der Waals surface area contributed by atoms with Gasteiger partial charge in [0.2, 0.25) is 0 Å². The van der Waals surface area contributed by atoms with Crippen LogP contribution in [0.15, 0.2) is 27.8 Å². The van der Waals surface area contributed by atoms with Crippen LogP contribution in [0.2, 0.25) is 0 Å². The lowest BCUT2D eigenvalue weighted by Crippen LogP contribution is -2.43. The van der Waals surface area contributed by atoms with E-state index in [-0.39, 0.29) is 18.4 Å². The Bertz CT molecular complexity index is 640. The predicted octanol–water partition coefficient (Wildman–Crippen LogP) is 0.643. The summed E-state index contributed by atoms with van der Waals surface area (Å²) in [5.41, 5.74) is 0. The average molecular weight is 387 g/mol. The van der Waals surface area contributed by atoms with E-state index >= 15 is 0 Å². The maximum atomic E-state index is 11.0. The number of guanidine groups is 1. The molecule has 0 aliphatic carbocycles. The van der Waals surface area contributed by atoms with Crippen molar-refractivity contribution in [3.05, 3.63) is 24.2 Å². The molecule has 2 rings (SSSR count). The van der Waals surface area contributed by atoms with Crippen molar-refractivity contribution < 1.29 is 17.6 Å². The highest BCUT2D eigenvalue weighted by atomic mass is 32.2. The van der Waals surface area contributed by atoms with Gasteiger partial charge in [-0.3, -0.25) is 9.89 Å². The Kier molecular flexibility index (Phi) is 8.40. The highest BCUT2D eigenvalue weighted by Crippen LogP contribution is 2.24. The number of likely N-dealkylation sites (tertiary alicyclic amines) is 1. The van der Waals surface area contributed by atoms with Gasteiger partial charge in [-0.1, -0.05) is 0 Å². The minimum absolute atomic E-state index is 0.0423. The van der Waals surface area contributed by atoms with Gasteiger partial charge < -0.3 is 19.8 Å². The zero-order valence-corrected chi connectivity index (χ0v) is 16.4. The van der Waals surface area contributed by atoms with Crippen molar-refractivity contribution in [2.75, 3.05) is 58.4 Å². The van der Waals surface area contributed by atoms with Crippen LogP contribution in [0.25, 0.3) is 0 Å². The molecule has 148 valence electrons. The molecule has 2 heterocycles. The van der Waals surface area contributed by atoms with E-state index < -0.39 is 9.84 Å². The summed E-state index contributed by atoms with van der Waals surface area (Å²) in [5.74, 6) is 1.69. The standard InChI is InChI=1S/C17H30N4O4S/c1-18-17(19-7-11-24-12-13-26(2,22)23)20-14-15(16-6-5-10-25-16)21-8-3-4-9-21/h5-6,10,15H,3-4,7-9,11-14H2,1-2H3,(H2,18,19,20). The molecule has 26 heavy (non-hydrogen) atoms. The second-order valence-corrected chi connectivity index (χ2v) is 8.66. The normalized spacial score (nSPS) is 17.4. The number of hydrogen-bond donors (Lipinski definition) is 2. The number of sulfone groups is 1. The molecule has 0 spiro atoms. The van der Waals surface area contributed by atoms with Gasteiger partial charge in [0.1, 0.15) is 15.6 Å². The zero-order chi connectivity index (χ0) is 18.8. The Morgan fingerprint density at radius 3 is 2.73 bits per heavy atom. The van der Waals surface area contributed by atoms with Crippen LogP contribution in [0.1, 0.15) is 24.6 Å². The average Bonchev–Trinajstić information content (AvgIpc) is 3.29. The van der Waals surface area contributed by atoms with Gasteiger partial charge in [0.25, 0.3) is 0 Å². The second-order valence-electron chi connectivity index (χ2n) is 6.40. The fourth-order valence-electron chi connectivity index (χ4n) is 2.91. The first kappa shape index (κ1) is 20.7. The Balaban J connectivity index is 1.72. The van der Waals surface area contributed by atoms with E-state index in [2.05, 4.69) is 20.5 Å². The molecule has 0 bridgehead atoms. The van der Waals surface area contributed by atoms with Crippen molar-refractivity contribution in [1.29, 1.82) is 0 Å². The number of nitrogens with zero attached hydrogens (tertiary/aromatic N) is 2. The fraction of sp³-hybridized carbons (Fsp3) is 0.706. The highest BCUT2D eigenvalue weighted by Gasteiger charge is 2.25. The van der Waals surface area contributed by atoms with E-state index in [9.17, 15) is 8.42 Å². The maximum Gasteiger partial charge on any atom is 0.191 e. The SMILES string of the molecule is CN=C(NCCOCCS(C)(=O)=O)NCC(c1ccco1)N1CCCC1. The van der Waals surface area contributed by atoms with Crippen LogP contribution >= 0.6 is 0 Å². The number of rotatable bonds is 10. The molecule has 0 amide bonds. The van der Waals surface area contributed by atoms with Crippen molar-refractivity contribution in [2.24, 2.45) is 4.99 Å². The van der Waals surface area contributed by atoms with Crippen LogP contribution in [0, 0.1) is 0 Å². The van der Waals surface area contributed by atoms with Gasteiger partial charge in [0.05, 0.1) is 31.3 Å². The zero-order valence-electron chi connectivity index (χ0n) is 15.6. The van der Waals surface area contributed by atoms with Gasteiger partial charge in [0.15, 0.2) is 5.96 Å². The second kappa shape index (κ2) is 10.5. The lowest BCUT2D eigenvalue weighted by Gasteiger charge is -2.26. The summed E-state index contributed by atoms with van der Waals surface area (Å²) in [4.78, 5) is 6.64. The molecule has 1 atom stereocenters. The van der Waals surface area contributed by atoms with Crippen molar-refractivity contribution in [3.8, 4) is 0 Å². The number of hydrogen-bond acceptors (Lipinski definition) is 6. The third kappa shape index (κ3) is 7.35. The first-order valence-corrected chi connectivity index (χ1v) is 11.0. The Hall–Kier alpha value is -1.58. The van der Waals surface area contributed by atoms with Crippen LogP contribution in [0.4, 0.5) is 0 Å². The Morgan fingerprint density at radius 2 is 2.12 bits per heavy atom. The first-order chi connectivity index (χ1) is 12.5. The molecule has 1 aliphatic rings. The van der Waals surface area contributed by atoms with Gasteiger partial charge in [0, 0.05) is 26.4 Å². The molecule has 9 heteroatoms. The van der Waals surface area contributed by atoms with E-state index in [1.165, 1.54) is 19.1 Å². The minimum atomic E-state index is -2.98. The van der Waals surface area contributed by atoms with E-state index in [1.807, 2.05) is 12.1 Å². The molecule has 1 aliphatic heterocycles. The quantitative estimate of drug-likeness (QED) is 0.346. The Labute approximate surface area is 155 Å². The van der Waals surface area contributed by atoms with E-state index in [0.717, 1.165) is 18.8 Å². The van der Waals surface area contributed by atoms with E-state index in [0.29, 0.717) is 25.7 Å². The molecule has 2 N–H and O–H groups in total. The number of aliphatic imine (C=N–C) groups is 1. The van der Waals surface area contributed by atoms with Crippen molar-refractivity contribution in [2.45, 2.75) is 18.9 Å².